The van der Waals surface area contributed by atoms with Gasteiger partial charge in [-0.05, 0) is 31.2 Å². The van der Waals surface area contributed by atoms with Crippen LogP contribution in [0.3, 0.4) is 0 Å². The number of methoxy groups -OCH3 is 2. The van der Waals surface area contributed by atoms with Crippen molar-refractivity contribution in [2.24, 2.45) is 0 Å². The average molecular weight is 507 g/mol. The highest BCUT2D eigenvalue weighted by molar-refractivity contribution is 6.00. The molecule has 10 nitrogen and oxygen atoms in total. The quantitative estimate of drug-likeness (QED) is 0.522. The number of fused-ring (bicyclic) bond motifs is 1. The van der Waals surface area contributed by atoms with Gasteiger partial charge in [0.2, 0.25) is 0 Å². The maximum atomic E-state index is 13.9. The van der Waals surface area contributed by atoms with Crippen LogP contribution >= 0.6 is 0 Å². The minimum atomic E-state index is -4.76. The zero-order valence-corrected chi connectivity index (χ0v) is 19.8. The molecule has 0 bridgehead atoms. The lowest BCUT2D eigenvalue weighted by molar-refractivity contribution is -0.142. The normalized spacial score (nSPS) is 14.2. The predicted molar refractivity (Wildman–Crippen MR) is 121 cm³/mol. The van der Waals surface area contributed by atoms with Crippen LogP contribution in [0.15, 0.2) is 30.5 Å². The average Bonchev–Trinajstić information content (AvgIpc) is 3.30. The Balaban J connectivity index is 1.72. The van der Waals surface area contributed by atoms with Crippen LogP contribution in [0.2, 0.25) is 0 Å². The highest BCUT2D eigenvalue weighted by Gasteiger charge is 2.37. The van der Waals surface area contributed by atoms with E-state index in [0.717, 1.165) is 12.3 Å². The summed E-state index contributed by atoms with van der Waals surface area (Å²) < 4.78 is 57.9. The van der Waals surface area contributed by atoms with Crippen LogP contribution in [0.1, 0.15) is 23.0 Å². The van der Waals surface area contributed by atoms with Gasteiger partial charge in [0.05, 0.1) is 32.7 Å². The number of hydrogen-bond donors (Lipinski definition) is 0. The van der Waals surface area contributed by atoms with Crippen LogP contribution in [-0.4, -0.2) is 83.4 Å². The molecule has 2 amide bonds. The van der Waals surface area contributed by atoms with Gasteiger partial charge in [-0.25, -0.2) is 14.3 Å². The fourth-order valence-corrected chi connectivity index (χ4v) is 3.94. The van der Waals surface area contributed by atoms with Gasteiger partial charge in [-0.1, -0.05) is 0 Å². The highest BCUT2D eigenvalue weighted by atomic mass is 19.4. The lowest BCUT2D eigenvalue weighted by Crippen LogP contribution is -2.50. The Hall–Kier alpha value is -4.03. The first-order chi connectivity index (χ1) is 17.2. The second kappa shape index (κ2) is 9.91. The first-order valence-electron chi connectivity index (χ1n) is 11.1. The predicted octanol–water partition coefficient (Wildman–Crippen LogP) is 3.35. The maximum Gasteiger partial charge on any atom is 0.433 e. The maximum absolute atomic E-state index is 13.9. The fourth-order valence-electron chi connectivity index (χ4n) is 3.94. The number of benzene rings is 1. The number of carbonyl (C=O) groups excluding carboxylic acids is 2. The number of carbonyl (C=O) groups is 2. The number of halogens is 3. The summed E-state index contributed by atoms with van der Waals surface area (Å²) in [5.74, 6) is 0.189. The molecule has 0 aliphatic carbocycles. The van der Waals surface area contributed by atoms with Crippen LogP contribution in [0.25, 0.3) is 16.9 Å². The molecule has 0 unspecified atom stereocenters. The van der Waals surface area contributed by atoms with E-state index in [1.165, 1.54) is 30.1 Å². The lowest BCUT2D eigenvalue weighted by atomic mass is 10.1. The van der Waals surface area contributed by atoms with Gasteiger partial charge in [0.25, 0.3) is 5.91 Å². The van der Waals surface area contributed by atoms with Crippen LogP contribution in [0, 0.1) is 0 Å². The Morgan fingerprint density at radius 3 is 2.28 bits per heavy atom. The van der Waals surface area contributed by atoms with Crippen molar-refractivity contribution < 1.29 is 37.0 Å². The zero-order chi connectivity index (χ0) is 26.0. The number of aromatic nitrogens is 3. The number of alkyl halides is 3. The van der Waals surface area contributed by atoms with Gasteiger partial charge in [-0.3, -0.25) is 4.79 Å². The number of rotatable bonds is 5. The molecule has 192 valence electrons. The molecule has 36 heavy (non-hydrogen) atoms. The van der Waals surface area contributed by atoms with E-state index < -0.39 is 23.9 Å². The SMILES string of the molecule is CCOC(=O)N1CCN(C(=O)c2cnn3c(C(F)(F)F)cc(-c4ccc(OC)c(OC)c4)nc23)CC1. The molecule has 3 aromatic rings. The third kappa shape index (κ3) is 4.72. The summed E-state index contributed by atoms with van der Waals surface area (Å²) in [4.78, 5) is 32.5. The minimum Gasteiger partial charge on any atom is -0.493 e. The summed E-state index contributed by atoms with van der Waals surface area (Å²) in [7, 11) is 2.86. The molecule has 0 spiro atoms. The molecule has 1 saturated heterocycles. The van der Waals surface area contributed by atoms with Crippen molar-refractivity contribution in [3.63, 3.8) is 0 Å². The molecular formula is C23H24F3N5O5. The molecule has 0 saturated carbocycles. The van der Waals surface area contributed by atoms with E-state index in [1.54, 1.807) is 19.1 Å². The molecule has 0 radical (unpaired) electrons. The summed E-state index contributed by atoms with van der Waals surface area (Å²) in [6.45, 7) is 2.79. The summed E-state index contributed by atoms with van der Waals surface area (Å²) in [5.41, 5.74) is -1.07. The van der Waals surface area contributed by atoms with E-state index in [4.69, 9.17) is 14.2 Å². The zero-order valence-electron chi connectivity index (χ0n) is 19.8. The van der Waals surface area contributed by atoms with Crippen LogP contribution in [0.4, 0.5) is 18.0 Å². The third-order valence-electron chi connectivity index (χ3n) is 5.76. The van der Waals surface area contributed by atoms with Crippen molar-refractivity contribution in [2.45, 2.75) is 13.1 Å². The Morgan fingerprint density at radius 1 is 1.00 bits per heavy atom. The van der Waals surface area contributed by atoms with Crippen molar-refractivity contribution in [3.05, 3.63) is 41.7 Å². The van der Waals surface area contributed by atoms with Gasteiger partial charge < -0.3 is 24.0 Å². The molecule has 1 aliphatic heterocycles. The first-order valence-corrected chi connectivity index (χ1v) is 11.1. The summed E-state index contributed by atoms with van der Waals surface area (Å²) in [6, 6.07) is 5.48. The molecule has 4 rings (SSSR count). The van der Waals surface area contributed by atoms with E-state index in [2.05, 4.69) is 10.1 Å². The van der Waals surface area contributed by atoms with Gasteiger partial charge in [-0.15, -0.1) is 0 Å². The standard InChI is InChI=1S/C23H24F3N5O5/c1-4-36-22(33)30-9-7-29(8-10-30)21(32)15-13-27-31-19(23(24,25)26)12-16(28-20(15)31)14-5-6-17(34-2)18(11-14)35-3/h5-6,11-13H,4,7-10H2,1-3H3. The van der Waals surface area contributed by atoms with Crippen LogP contribution < -0.4 is 9.47 Å². The number of nitrogens with zero attached hydrogens (tertiary/aromatic N) is 5. The Labute approximate surface area is 204 Å². The first kappa shape index (κ1) is 25.1. The largest absolute Gasteiger partial charge is 0.493 e. The molecule has 1 aromatic carbocycles. The summed E-state index contributed by atoms with van der Waals surface area (Å²) in [5, 5.41) is 3.82. The van der Waals surface area contributed by atoms with Crippen molar-refractivity contribution in [2.75, 3.05) is 47.0 Å². The van der Waals surface area contributed by atoms with Crippen LogP contribution in [-0.2, 0) is 10.9 Å². The molecule has 1 fully saturated rings. The van der Waals surface area contributed by atoms with Crippen molar-refractivity contribution in [1.29, 1.82) is 0 Å². The fraction of sp³-hybridized carbons (Fsp3) is 0.391. The van der Waals surface area contributed by atoms with E-state index in [1.807, 2.05) is 0 Å². The van der Waals surface area contributed by atoms with Gasteiger partial charge in [-0.2, -0.15) is 18.3 Å². The van der Waals surface area contributed by atoms with E-state index in [-0.39, 0.29) is 49.7 Å². The molecule has 0 N–H and O–H groups in total. The van der Waals surface area contributed by atoms with Gasteiger partial charge in [0.15, 0.2) is 22.8 Å². The molecule has 0 atom stereocenters. The van der Waals surface area contributed by atoms with Crippen molar-refractivity contribution in [3.8, 4) is 22.8 Å². The van der Waals surface area contributed by atoms with Crippen LogP contribution in [0.5, 0.6) is 11.5 Å². The van der Waals surface area contributed by atoms with Gasteiger partial charge in [0.1, 0.15) is 5.56 Å². The highest BCUT2D eigenvalue weighted by Crippen LogP contribution is 2.36. The number of piperazine rings is 1. The Morgan fingerprint density at radius 2 is 1.67 bits per heavy atom. The van der Waals surface area contributed by atoms with Gasteiger partial charge in [0, 0.05) is 31.7 Å². The second-order valence-electron chi connectivity index (χ2n) is 7.87. The monoisotopic (exact) mass is 507 g/mol. The molecule has 1 aliphatic rings. The smallest absolute Gasteiger partial charge is 0.433 e. The molecular weight excluding hydrogens is 483 g/mol. The Kier molecular flexibility index (Phi) is 6.91. The minimum absolute atomic E-state index is 0.0162. The third-order valence-corrected chi connectivity index (χ3v) is 5.76. The number of ether oxygens (including phenoxy) is 3. The molecule has 2 aromatic heterocycles. The second-order valence-corrected chi connectivity index (χ2v) is 7.87. The van der Waals surface area contributed by atoms with Gasteiger partial charge >= 0.3 is 12.3 Å². The number of amides is 2. The Bertz CT molecular complexity index is 1290. The van der Waals surface area contributed by atoms with Crippen molar-refractivity contribution >= 4 is 17.6 Å². The van der Waals surface area contributed by atoms with E-state index in [9.17, 15) is 22.8 Å². The lowest BCUT2D eigenvalue weighted by Gasteiger charge is -2.33. The van der Waals surface area contributed by atoms with E-state index >= 15 is 0 Å². The molecule has 3 heterocycles. The number of hydrogen-bond acceptors (Lipinski definition) is 7. The topological polar surface area (TPSA) is 98.5 Å². The van der Waals surface area contributed by atoms with E-state index in [0.29, 0.717) is 21.6 Å². The molecule has 13 heteroatoms. The summed E-state index contributed by atoms with van der Waals surface area (Å²) >= 11 is 0. The summed E-state index contributed by atoms with van der Waals surface area (Å²) in [6.07, 6.45) is -4.16. The van der Waals surface area contributed by atoms with Crippen molar-refractivity contribution in [1.82, 2.24) is 24.4 Å².